The van der Waals surface area contributed by atoms with E-state index in [1.807, 2.05) is 13.8 Å². The second-order valence-electron chi connectivity index (χ2n) is 4.68. The highest BCUT2D eigenvalue weighted by molar-refractivity contribution is 5.84. The monoisotopic (exact) mass is 242 g/mol. The van der Waals surface area contributed by atoms with E-state index >= 15 is 0 Å². The smallest absolute Gasteiger partial charge is 0.328 e. The van der Waals surface area contributed by atoms with Crippen molar-refractivity contribution in [3.63, 3.8) is 0 Å². The Labute approximate surface area is 102 Å². The van der Waals surface area contributed by atoms with Crippen LogP contribution in [-0.4, -0.2) is 38.1 Å². The van der Waals surface area contributed by atoms with E-state index in [1.54, 1.807) is 0 Å². The van der Waals surface area contributed by atoms with E-state index in [-0.39, 0.29) is 17.8 Å². The number of rotatable bonds is 6. The molecule has 1 fully saturated rings. The zero-order valence-electron chi connectivity index (χ0n) is 10.8. The van der Waals surface area contributed by atoms with Gasteiger partial charge in [0.1, 0.15) is 6.04 Å². The fourth-order valence-electron chi connectivity index (χ4n) is 1.78. The summed E-state index contributed by atoms with van der Waals surface area (Å²) in [6, 6.07) is -0.523. The van der Waals surface area contributed by atoms with E-state index in [4.69, 9.17) is 4.74 Å². The van der Waals surface area contributed by atoms with E-state index in [0.717, 1.165) is 19.5 Å². The van der Waals surface area contributed by atoms with Gasteiger partial charge in [0, 0.05) is 6.42 Å². The van der Waals surface area contributed by atoms with Crippen molar-refractivity contribution in [1.82, 2.24) is 10.6 Å². The first-order valence-electron chi connectivity index (χ1n) is 6.16. The highest BCUT2D eigenvalue weighted by Crippen LogP contribution is 2.12. The summed E-state index contributed by atoms with van der Waals surface area (Å²) < 4.78 is 4.72. The van der Waals surface area contributed by atoms with Crippen LogP contribution in [0.2, 0.25) is 0 Å². The number of hydrogen-bond acceptors (Lipinski definition) is 4. The molecular formula is C12H22N2O3. The third-order valence-corrected chi connectivity index (χ3v) is 3.32. The predicted octanol–water partition coefficient (Wildman–Crippen LogP) is 0.300. The first kappa shape index (κ1) is 14.0. The highest BCUT2D eigenvalue weighted by atomic mass is 16.5. The average molecular weight is 242 g/mol. The summed E-state index contributed by atoms with van der Waals surface area (Å²) in [6.45, 7) is 5.70. The summed E-state index contributed by atoms with van der Waals surface area (Å²) >= 11 is 0. The van der Waals surface area contributed by atoms with Crippen molar-refractivity contribution in [2.24, 2.45) is 11.8 Å². The van der Waals surface area contributed by atoms with Gasteiger partial charge in [-0.1, -0.05) is 20.3 Å². The van der Waals surface area contributed by atoms with Crippen LogP contribution in [0.1, 0.15) is 26.7 Å². The molecule has 0 aromatic heterocycles. The Kier molecular flexibility index (Phi) is 5.41. The van der Waals surface area contributed by atoms with Crippen molar-refractivity contribution in [3.05, 3.63) is 0 Å². The lowest BCUT2D eigenvalue weighted by Crippen LogP contribution is -2.49. The lowest BCUT2D eigenvalue weighted by Gasteiger charge is -2.28. The SMILES string of the molecule is CCC(C)C(NC(=O)CC1CNC1)C(=O)OC. The largest absolute Gasteiger partial charge is 0.467 e. The van der Waals surface area contributed by atoms with Gasteiger partial charge in [-0.05, 0) is 24.9 Å². The van der Waals surface area contributed by atoms with Crippen molar-refractivity contribution >= 4 is 11.9 Å². The first-order chi connectivity index (χ1) is 8.08. The number of esters is 1. The number of carbonyl (C=O) groups excluding carboxylic acids is 2. The van der Waals surface area contributed by atoms with Gasteiger partial charge in [-0.15, -0.1) is 0 Å². The summed E-state index contributed by atoms with van der Waals surface area (Å²) in [7, 11) is 1.35. The quantitative estimate of drug-likeness (QED) is 0.657. The maximum absolute atomic E-state index is 11.8. The van der Waals surface area contributed by atoms with Gasteiger partial charge in [-0.25, -0.2) is 4.79 Å². The van der Waals surface area contributed by atoms with Gasteiger partial charge in [-0.3, -0.25) is 4.79 Å². The summed E-state index contributed by atoms with van der Waals surface area (Å²) in [4.78, 5) is 23.3. The molecular weight excluding hydrogens is 220 g/mol. The molecule has 5 heteroatoms. The molecule has 0 bridgehead atoms. The van der Waals surface area contributed by atoms with E-state index in [1.165, 1.54) is 7.11 Å². The van der Waals surface area contributed by atoms with Crippen LogP contribution in [0, 0.1) is 11.8 Å². The Bertz CT molecular complexity index is 277. The lowest BCUT2D eigenvalue weighted by atomic mass is 9.96. The normalized spacial score (nSPS) is 19.0. The fraction of sp³-hybridized carbons (Fsp3) is 0.833. The van der Waals surface area contributed by atoms with Crippen LogP contribution in [0.15, 0.2) is 0 Å². The summed E-state index contributed by atoms with van der Waals surface area (Å²) in [5, 5.41) is 5.89. The van der Waals surface area contributed by atoms with Gasteiger partial charge in [0.15, 0.2) is 0 Å². The predicted molar refractivity (Wildman–Crippen MR) is 64.4 cm³/mol. The van der Waals surface area contributed by atoms with Gasteiger partial charge in [-0.2, -0.15) is 0 Å². The molecule has 0 radical (unpaired) electrons. The van der Waals surface area contributed by atoms with Crippen molar-refractivity contribution in [2.45, 2.75) is 32.7 Å². The van der Waals surface area contributed by atoms with Gasteiger partial charge in [0.05, 0.1) is 7.11 Å². The molecule has 1 saturated heterocycles. The second kappa shape index (κ2) is 6.59. The molecule has 0 saturated carbocycles. The minimum Gasteiger partial charge on any atom is -0.467 e. The van der Waals surface area contributed by atoms with Crippen molar-refractivity contribution in [3.8, 4) is 0 Å². The third-order valence-electron chi connectivity index (χ3n) is 3.32. The van der Waals surface area contributed by atoms with Crippen LogP contribution in [0.5, 0.6) is 0 Å². The van der Waals surface area contributed by atoms with Crippen LogP contribution >= 0.6 is 0 Å². The van der Waals surface area contributed by atoms with E-state index in [9.17, 15) is 9.59 Å². The van der Waals surface area contributed by atoms with Gasteiger partial charge < -0.3 is 15.4 Å². The molecule has 1 aliphatic heterocycles. The highest BCUT2D eigenvalue weighted by Gasteiger charge is 2.28. The van der Waals surface area contributed by atoms with Crippen LogP contribution < -0.4 is 10.6 Å². The minimum absolute atomic E-state index is 0.0628. The van der Waals surface area contributed by atoms with Crippen molar-refractivity contribution < 1.29 is 14.3 Å². The number of nitrogens with one attached hydrogen (secondary N) is 2. The molecule has 17 heavy (non-hydrogen) atoms. The number of methoxy groups -OCH3 is 1. The number of amides is 1. The zero-order chi connectivity index (χ0) is 12.8. The standard InChI is InChI=1S/C12H22N2O3/c1-4-8(2)11(12(16)17-3)14-10(15)5-9-6-13-7-9/h8-9,11,13H,4-7H2,1-3H3,(H,14,15). The summed E-state index contributed by atoms with van der Waals surface area (Å²) in [5.41, 5.74) is 0. The second-order valence-corrected chi connectivity index (χ2v) is 4.68. The van der Waals surface area contributed by atoms with Gasteiger partial charge in [0.2, 0.25) is 5.91 Å². The molecule has 5 nitrogen and oxygen atoms in total. The Balaban J connectivity index is 2.46. The average Bonchev–Trinajstić information content (AvgIpc) is 2.28. The Morgan fingerprint density at radius 1 is 1.47 bits per heavy atom. The summed E-state index contributed by atoms with van der Waals surface area (Å²) in [5.74, 6) is 0.0720. The molecule has 0 aliphatic carbocycles. The van der Waals surface area contributed by atoms with E-state index < -0.39 is 6.04 Å². The molecule has 2 unspecified atom stereocenters. The molecule has 0 spiro atoms. The van der Waals surface area contributed by atoms with Crippen molar-refractivity contribution in [2.75, 3.05) is 20.2 Å². The fourth-order valence-corrected chi connectivity index (χ4v) is 1.78. The Hall–Kier alpha value is -1.10. The van der Waals surface area contributed by atoms with Crippen LogP contribution in [-0.2, 0) is 14.3 Å². The minimum atomic E-state index is -0.523. The Morgan fingerprint density at radius 3 is 2.53 bits per heavy atom. The number of carbonyl (C=O) groups is 2. The molecule has 0 aromatic rings. The zero-order valence-corrected chi connectivity index (χ0v) is 10.8. The molecule has 2 atom stereocenters. The lowest BCUT2D eigenvalue weighted by molar-refractivity contribution is -0.146. The Morgan fingerprint density at radius 2 is 2.12 bits per heavy atom. The maximum Gasteiger partial charge on any atom is 0.328 e. The maximum atomic E-state index is 11.8. The molecule has 98 valence electrons. The molecule has 1 aliphatic rings. The van der Waals surface area contributed by atoms with Gasteiger partial charge >= 0.3 is 5.97 Å². The third kappa shape index (κ3) is 4.00. The number of hydrogen-bond donors (Lipinski definition) is 2. The molecule has 0 aromatic carbocycles. The summed E-state index contributed by atoms with van der Waals surface area (Å²) in [6.07, 6.45) is 1.31. The first-order valence-corrected chi connectivity index (χ1v) is 6.16. The topological polar surface area (TPSA) is 67.4 Å². The van der Waals surface area contributed by atoms with Crippen molar-refractivity contribution in [1.29, 1.82) is 0 Å². The van der Waals surface area contributed by atoms with Crippen LogP contribution in [0.25, 0.3) is 0 Å². The van der Waals surface area contributed by atoms with E-state index in [2.05, 4.69) is 10.6 Å². The van der Waals surface area contributed by atoms with Crippen LogP contribution in [0.3, 0.4) is 0 Å². The molecule has 1 rings (SSSR count). The van der Waals surface area contributed by atoms with Crippen LogP contribution in [0.4, 0.5) is 0 Å². The molecule has 1 heterocycles. The van der Waals surface area contributed by atoms with E-state index in [0.29, 0.717) is 12.3 Å². The van der Waals surface area contributed by atoms with Gasteiger partial charge in [0.25, 0.3) is 0 Å². The number of ether oxygens (including phenoxy) is 1. The molecule has 1 amide bonds. The molecule has 2 N–H and O–H groups in total.